The summed E-state index contributed by atoms with van der Waals surface area (Å²) in [7, 11) is 0. The van der Waals surface area contributed by atoms with Crippen LogP contribution in [0.5, 0.6) is 0 Å². The first-order valence-corrected chi connectivity index (χ1v) is 6.89. The molecule has 112 valence electrons. The van der Waals surface area contributed by atoms with Gasteiger partial charge in [0.2, 0.25) is 0 Å². The molecule has 0 unspecified atom stereocenters. The predicted octanol–water partition coefficient (Wildman–Crippen LogP) is 3.51. The van der Waals surface area contributed by atoms with Crippen molar-refractivity contribution in [3.8, 4) is 0 Å². The molecule has 0 spiro atoms. The zero-order valence-electron chi connectivity index (χ0n) is 11.9. The molecular formula is C17H13F2NO2. The van der Waals surface area contributed by atoms with Crippen LogP contribution < -0.4 is 4.90 Å². The molecule has 0 radical (unpaired) electrons. The molecule has 2 aromatic rings. The van der Waals surface area contributed by atoms with E-state index in [-0.39, 0.29) is 24.3 Å². The molecule has 22 heavy (non-hydrogen) atoms. The quantitative estimate of drug-likeness (QED) is 0.808. The van der Waals surface area contributed by atoms with Crippen LogP contribution in [0.3, 0.4) is 0 Å². The van der Waals surface area contributed by atoms with Crippen LogP contribution in [0.25, 0.3) is 0 Å². The number of aryl methyl sites for hydroxylation is 1. The third kappa shape index (κ3) is 2.28. The molecule has 1 aliphatic rings. The second kappa shape index (κ2) is 5.33. The van der Waals surface area contributed by atoms with Crippen molar-refractivity contribution in [2.45, 2.75) is 13.3 Å². The minimum Gasteiger partial charge on any atom is -0.307 e. The number of benzene rings is 2. The fourth-order valence-electron chi connectivity index (χ4n) is 2.69. The molecule has 1 aliphatic heterocycles. The summed E-state index contributed by atoms with van der Waals surface area (Å²) in [6.45, 7) is 2.04. The molecule has 0 aromatic heterocycles. The van der Waals surface area contributed by atoms with E-state index in [2.05, 4.69) is 0 Å². The number of hydrogen-bond donors (Lipinski definition) is 0. The molecule has 1 amide bonds. The normalized spacial score (nSPS) is 14.0. The first kappa shape index (κ1) is 14.4. The van der Waals surface area contributed by atoms with Gasteiger partial charge in [0.05, 0.1) is 5.69 Å². The van der Waals surface area contributed by atoms with Gasteiger partial charge in [0.25, 0.3) is 5.91 Å². The summed E-state index contributed by atoms with van der Waals surface area (Å²) in [6, 6.07) is 8.30. The van der Waals surface area contributed by atoms with Crippen molar-refractivity contribution in [1.29, 1.82) is 0 Å². The van der Waals surface area contributed by atoms with Crippen molar-refractivity contribution in [3.63, 3.8) is 0 Å². The fraction of sp³-hybridized carbons (Fsp3) is 0.176. The van der Waals surface area contributed by atoms with Crippen LogP contribution in [-0.4, -0.2) is 18.2 Å². The Hall–Kier alpha value is -2.56. The van der Waals surface area contributed by atoms with Gasteiger partial charge >= 0.3 is 0 Å². The number of Topliss-reactive ketones (excluding diaryl/α,β-unsaturated/α-hetero) is 1. The van der Waals surface area contributed by atoms with Crippen molar-refractivity contribution in [3.05, 3.63) is 64.7 Å². The minimum atomic E-state index is -1.07. The van der Waals surface area contributed by atoms with Gasteiger partial charge in [0.1, 0.15) is 0 Å². The highest BCUT2D eigenvalue weighted by Gasteiger charge is 2.29. The number of fused-ring (bicyclic) bond motifs is 1. The molecule has 0 N–H and O–H groups in total. The van der Waals surface area contributed by atoms with E-state index < -0.39 is 17.5 Å². The lowest BCUT2D eigenvalue weighted by Crippen LogP contribution is -2.38. The van der Waals surface area contributed by atoms with E-state index in [1.807, 2.05) is 13.0 Å². The van der Waals surface area contributed by atoms with Gasteiger partial charge in [-0.15, -0.1) is 0 Å². The number of amides is 1. The van der Waals surface area contributed by atoms with Gasteiger partial charge in [-0.25, -0.2) is 8.78 Å². The number of para-hydroxylation sites is 1. The maximum Gasteiger partial charge on any atom is 0.258 e. The Morgan fingerprint density at radius 2 is 1.91 bits per heavy atom. The Labute approximate surface area is 126 Å². The van der Waals surface area contributed by atoms with Crippen LogP contribution >= 0.6 is 0 Å². The van der Waals surface area contributed by atoms with E-state index in [9.17, 15) is 18.4 Å². The van der Waals surface area contributed by atoms with Gasteiger partial charge in [0, 0.05) is 24.1 Å². The molecule has 5 heteroatoms. The van der Waals surface area contributed by atoms with Gasteiger partial charge in [-0.05, 0) is 36.8 Å². The molecule has 0 saturated carbocycles. The molecule has 2 aromatic carbocycles. The first-order valence-electron chi connectivity index (χ1n) is 6.89. The van der Waals surface area contributed by atoms with Crippen LogP contribution in [0.1, 0.15) is 32.7 Å². The first-order chi connectivity index (χ1) is 10.5. The van der Waals surface area contributed by atoms with Crippen molar-refractivity contribution >= 4 is 17.4 Å². The number of rotatable bonds is 1. The molecule has 0 bridgehead atoms. The summed E-state index contributed by atoms with van der Waals surface area (Å²) in [4.78, 5) is 26.1. The molecule has 1 heterocycles. The highest BCUT2D eigenvalue weighted by molar-refractivity contribution is 6.13. The van der Waals surface area contributed by atoms with Crippen LogP contribution in [0.4, 0.5) is 14.5 Å². The van der Waals surface area contributed by atoms with Crippen LogP contribution in [0, 0.1) is 18.6 Å². The average molecular weight is 301 g/mol. The molecule has 0 atom stereocenters. The Morgan fingerprint density at radius 1 is 1.14 bits per heavy atom. The molecule has 3 nitrogen and oxygen atoms in total. The van der Waals surface area contributed by atoms with Crippen LogP contribution in [0.2, 0.25) is 0 Å². The lowest BCUT2D eigenvalue weighted by atomic mass is 9.96. The molecule has 0 fully saturated rings. The summed E-state index contributed by atoms with van der Waals surface area (Å²) in [5, 5.41) is 0. The van der Waals surface area contributed by atoms with Gasteiger partial charge in [-0.3, -0.25) is 9.59 Å². The van der Waals surface area contributed by atoms with Crippen molar-refractivity contribution in [2.75, 3.05) is 11.4 Å². The number of hydrogen-bond acceptors (Lipinski definition) is 2. The van der Waals surface area contributed by atoms with Crippen molar-refractivity contribution in [1.82, 2.24) is 0 Å². The third-order valence-corrected chi connectivity index (χ3v) is 3.78. The standard InChI is InChI=1S/C17H13F2NO2/c1-10-3-2-4-12-15(21)7-8-20(16(10)12)17(22)11-5-6-13(18)14(19)9-11/h2-6,9H,7-8H2,1H3. The summed E-state index contributed by atoms with van der Waals surface area (Å²) in [5.74, 6) is -2.53. The smallest absolute Gasteiger partial charge is 0.258 e. The van der Waals surface area contributed by atoms with Gasteiger partial charge in [-0.2, -0.15) is 0 Å². The summed E-state index contributed by atoms with van der Waals surface area (Å²) in [5.41, 5.74) is 1.89. The topological polar surface area (TPSA) is 37.4 Å². The number of carbonyl (C=O) groups excluding carboxylic acids is 2. The summed E-state index contributed by atoms with van der Waals surface area (Å²) >= 11 is 0. The monoisotopic (exact) mass is 301 g/mol. The van der Waals surface area contributed by atoms with Gasteiger partial charge < -0.3 is 4.90 Å². The van der Waals surface area contributed by atoms with Crippen LogP contribution in [0.15, 0.2) is 36.4 Å². The number of nitrogens with zero attached hydrogens (tertiary/aromatic N) is 1. The Balaban J connectivity index is 2.06. The highest BCUT2D eigenvalue weighted by atomic mass is 19.2. The minimum absolute atomic E-state index is 0.0203. The lowest BCUT2D eigenvalue weighted by Gasteiger charge is -2.30. The zero-order valence-corrected chi connectivity index (χ0v) is 11.9. The average Bonchev–Trinajstić information content (AvgIpc) is 2.50. The molecular weight excluding hydrogens is 288 g/mol. The third-order valence-electron chi connectivity index (χ3n) is 3.78. The van der Waals surface area contributed by atoms with Gasteiger partial charge in [0.15, 0.2) is 17.4 Å². The molecule has 0 aliphatic carbocycles. The SMILES string of the molecule is Cc1cccc2c1N(C(=O)c1ccc(F)c(F)c1)CCC2=O. The Bertz CT molecular complexity index is 786. The van der Waals surface area contributed by atoms with Crippen molar-refractivity contribution in [2.24, 2.45) is 0 Å². The Morgan fingerprint density at radius 3 is 2.64 bits per heavy atom. The van der Waals surface area contributed by atoms with E-state index in [1.54, 1.807) is 12.1 Å². The largest absolute Gasteiger partial charge is 0.307 e. The summed E-state index contributed by atoms with van der Waals surface area (Å²) in [6.07, 6.45) is 0.214. The number of carbonyl (C=O) groups is 2. The van der Waals surface area contributed by atoms with E-state index in [0.717, 1.165) is 17.7 Å². The number of anilines is 1. The van der Waals surface area contributed by atoms with E-state index in [1.165, 1.54) is 11.0 Å². The second-order valence-corrected chi connectivity index (χ2v) is 5.23. The highest BCUT2D eigenvalue weighted by Crippen LogP contribution is 2.31. The summed E-state index contributed by atoms with van der Waals surface area (Å²) < 4.78 is 26.4. The predicted molar refractivity (Wildman–Crippen MR) is 78.2 cm³/mol. The van der Waals surface area contributed by atoms with Crippen molar-refractivity contribution < 1.29 is 18.4 Å². The Kier molecular flexibility index (Phi) is 3.48. The maximum atomic E-state index is 13.3. The number of ketones is 1. The maximum absolute atomic E-state index is 13.3. The molecule has 3 rings (SSSR count). The van der Waals surface area contributed by atoms with E-state index in [4.69, 9.17) is 0 Å². The number of halogens is 2. The van der Waals surface area contributed by atoms with Gasteiger partial charge in [-0.1, -0.05) is 12.1 Å². The lowest BCUT2D eigenvalue weighted by molar-refractivity contribution is 0.0954. The zero-order chi connectivity index (χ0) is 15.9. The van der Waals surface area contributed by atoms with Crippen LogP contribution in [-0.2, 0) is 0 Å². The second-order valence-electron chi connectivity index (χ2n) is 5.23. The van der Waals surface area contributed by atoms with E-state index >= 15 is 0 Å². The fourth-order valence-corrected chi connectivity index (χ4v) is 2.69. The molecule has 0 saturated heterocycles. The van der Waals surface area contributed by atoms with E-state index in [0.29, 0.717) is 11.3 Å².